The molecule has 4 heavy (non-hydrogen) atoms. The van der Waals surface area contributed by atoms with Crippen molar-refractivity contribution in [1.82, 2.24) is 0 Å². The Hall–Kier alpha value is 2.07. The van der Waals surface area contributed by atoms with Gasteiger partial charge in [-0.05, 0) is 0 Å². The zero-order valence-corrected chi connectivity index (χ0v) is 0.816. The van der Waals surface area contributed by atoms with Crippen molar-refractivity contribution >= 4 is 68.7 Å². The van der Waals surface area contributed by atoms with E-state index in [9.17, 15) is 0 Å². The van der Waals surface area contributed by atoms with Crippen LogP contribution in [0.1, 0.15) is 0 Å². The molecule has 0 saturated carbocycles. The normalized spacial score (nSPS) is 0. The second-order valence-electron chi connectivity index (χ2n) is 0. The predicted octanol–water partition coefficient (Wildman–Crippen LogP) is -1.80. The van der Waals surface area contributed by atoms with Crippen molar-refractivity contribution in [2.75, 3.05) is 0 Å². The van der Waals surface area contributed by atoms with Crippen LogP contribution >= 0.6 is 0 Å². The number of hydrogen-bond donors (Lipinski definition) is 0. The van der Waals surface area contributed by atoms with Gasteiger partial charge in [-0.2, -0.15) is 0 Å². The van der Waals surface area contributed by atoms with Gasteiger partial charge in [0.05, 0.1) is 0 Å². The summed E-state index contributed by atoms with van der Waals surface area (Å²) in [5, 5.41) is 0. The first-order valence-corrected chi connectivity index (χ1v) is 0. The van der Waals surface area contributed by atoms with Gasteiger partial charge in [0, 0.05) is 0 Å². The van der Waals surface area contributed by atoms with Gasteiger partial charge in [0.15, 0.2) is 0 Å². The fraction of sp³-hybridized carbons (Fsp3) is 0. The van der Waals surface area contributed by atoms with Crippen molar-refractivity contribution in [3.8, 4) is 0 Å². The third-order valence-electron chi connectivity index (χ3n) is 0. The van der Waals surface area contributed by atoms with E-state index < -0.39 is 0 Å². The first kappa shape index (κ1) is 36.4. The quantitative estimate of drug-likeness (QED) is 0.446. The van der Waals surface area contributed by atoms with Crippen molar-refractivity contribution in [2.24, 2.45) is 0 Å². The summed E-state index contributed by atoms with van der Waals surface area (Å²) in [4.78, 5) is 0. The molecule has 0 rings (SSSR count). The molecule has 0 amide bonds. The molecule has 0 bridgehead atoms. The molecule has 0 aliphatic carbocycles. The average Bonchev–Trinajstić information content (AvgIpc) is 0. The predicted molar refractivity (Wildman–Crippen MR) is 23.5 cm³/mol. The Morgan fingerprint density at radius 1 is 0.750 bits per heavy atom. The van der Waals surface area contributed by atoms with Gasteiger partial charge in [-0.25, -0.2) is 0 Å². The average molecular weight is 252 g/mol. The molecule has 26 valence electrons. The molecule has 0 fully saturated rings. The minimum atomic E-state index is 0. The molecule has 0 saturated heterocycles. The fourth-order valence-corrected chi connectivity index (χ4v) is 0. The molecule has 0 aromatic heterocycles. The topological polar surface area (TPSA) is 0 Å². The summed E-state index contributed by atoms with van der Waals surface area (Å²) in [5.74, 6) is 0. The van der Waals surface area contributed by atoms with Gasteiger partial charge in [-0.3, -0.25) is 9.41 Å². The van der Waals surface area contributed by atoms with Crippen LogP contribution in [0.5, 0.6) is 0 Å². The zero-order chi connectivity index (χ0) is 0. The summed E-state index contributed by atoms with van der Waals surface area (Å²) in [6.07, 6.45) is 0. The van der Waals surface area contributed by atoms with Crippen LogP contribution in [0.3, 0.4) is 0 Å². The molecule has 0 atom stereocenters. The molecule has 0 radical (unpaired) electrons. The Balaban J connectivity index is 0. The van der Waals surface area contributed by atoms with Crippen LogP contribution in [0.25, 0.3) is 0 Å². The third-order valence-corrected chi connectivity index (χ3v) is 0. The molecule has 4 heteroatoms. The van der Waals surface area contributed by atoms with Crippen LogP contribution in [0.4, 0.5) is 9.41 Å². The van der Waals surface area contributed by atoms with Gasteiger partial charge in [0.2, 0.25) is 0 Å². The summed E-state index contributed by atoms with van der Waals surface area (Å²) < 4.78 is 0. The van der Waals surface area contributed by atoms with Crippen LogP contribution in [0, 0.1) is 0 Å². The first-order valence-electron chi connectivity index (χ1n) is 0. The fourth-order valence-electron chi connectivity index (χ4n) is 0. The molecular weight excluding hydrogens is 245 g/mol. The number of rotatable bonds is 0. The van der Waals surface area contributed by atoms with Crippen LogP contribution in [0.2, 0.25) is 0 Å². The summed E-state index contributed by atoms with van der Waals surface area (Å²) in [6, 6.07) is 0. The van der Waals surface area contributed by atoms with Gasteiger partial charge in [-0.1, -0.05) is 0 Å². The Kier molecular flexibility index (Phi) is 179. The Bertz CT molecular complexity index is 6.00. The van der Waals surface area contributed by atoms with E-state index in [0.29, 0.717) is 0 Å². The van der Waals surface area contributed by atoms with Crippen LogP contribution in [0.15, 0.2) is 0 Å². The van der Waals surface area contributed by atoms with Crippen molar-refractivity contribution in [1.29, 1.82) is 0 Å². The molecule has 0 heterocycles. The van der Waals surface area contributed by atoms with E-state index in [2.05, 4.69) is 0 Å². The van der Waals surface area contributed by atoms with Gasteiger partial charge in [-0.15, -0.1) is 0 Å². The Labute approximate surface area is 76.6 Å². The van der Waals surface area contributed by atoms with E-state index in [0.717, 1.165) is 0 Å². The Morgan fingerprint density at radius 3 is 0.750 bits per heavy atom. The number of hydrogen-bond acceptors (Lipinski definition) is 0. The molecular formula is H7BaF2Ga. The van der Waals surface area contributed by atoms with E-state index in [1.165, 1.54) is 0 Å². The minimum absolute atomic E-state index is 0. The standard InChI is InChI=1S/Ba.2FH.Ga.5H/h;2*1H;;;;;;. The summed E-state index contributed by atoms with van der Waals surface area (Å²) in [6.45, 7) is 0. The number of halogens is 2. The second-order valence-corrected chi connectivity index (χ2v) is 0. The third kappa shape index (κ3) is 8.95. The van der Waals surface area contributed by atoms with Gasteiger partial charge >= 0.3 is 68.7 Å². The maximum absolute atomic E-state index is 0. The SMILES string of the molecule is F.F.[BaH2].[GaH3]. The molecule has 0 aromatic carbocycles. The van der Waals surface area contributed by atoms with E-state index in [1.54, 1.807) is 0 Å². The van der Waals surface area contributed by atoms with Crippen molar-refractivity contribution < 1.29 is 9.41 Å². The molecule has 0 aliphatic heterocycles. The van der Waals surface area contributed by atoms with Crippen molar-refractivity contribution in [3.63, 3.8) is 0 Å². The van der Waals surface area contributed by atoms with E-state index >= 15 is 0 Å². The van der Waals surface area contributed by atoms with Gasteiger partial charge < -0.3 is 0 Å². The summed E-state index contributed by atoms with van der Waals surface area (Å²) in [5.41, 5.74) is 0. The van der Waals surface area contributed by atoms with Crippen LogP contribution in [-0.2, 0) is 0 Å². The summed E-state index contributed by atoms with van der Waals surface area (Å²) in [7, 11) is 0. The van der Waals surface area contributed by atoms with Gasteiger partial charge in [0.1, 0.15) is 0 Å². The molecule has 0 N–H and O–H groups in total. The molecule has 0 unspecified atom stereocenters. The van der Waals surface area contributed by atoms with Crippen molar-refractivity contribution in [3.05, 3.63) is 0 Å². The van der Waals surface area contributed by atoms with Crippen LogP contribution in [-0.4, -0.2) is 68.7 Å². The molecule has 0 aromatic rings. The zero-order valence-electron chi connectivity index (χ0n) is 0.816. The van der Waals surface area contributed by atoms with Crippen molar-refractivity contribution in [2.45, 2.75) is 0 Å². The molecule has 0 aliphatic rings. The van der Waals surface area contributed by atoms with Gasteiger partial charge in [0.25, 0.3) is 0 Å². The Morgan fingerprint density at radius 2 is 0.750 bits per heavy atom. The molecule has 0 nitrogen and oxygen atoms in total. The second kappa shape index (κ2) is 19.6. The van der Waals surface area contributed by atoms with E-state index in [1.807, 2.05) is 0 Å². The molecule has 0 spiro atoms. The first-order chi connectivity index (χ1) is 0. The van der Waals surface area contributed by atoms with E-state index in [4.69, 9.17) is 0 Å². The maximum atomic E-state index is 0. The van der Waals surface area contributed by atoms with E-state index in [-0.39, 0.29) is 78.1 Å². The monoisotopic (exact) mass is 252 g/mol. The van der Waals surface area contributed by atoms with Crippen LogP contribution < -0.4 is 0 Å². The summed E-state index contributed by atoms with van der Waals surface area (Å²) >= 11 is 0.